The van der Waals surface area contributed by atoms with Crippen molar-refractivity contribution in [3.63, 3.8) is 0 Å². The van der Waals surface area contributed by atoms with Crippen LogP contribution in [0.3, 0.4) is 0 Å². The molecule has 21 nitrogen and oxygen atoms in total. The monoisotopic (exact) mass is 1250 g/mol. The van der Waals surface area contributed by atoms with Gasteiger partial charge >= 0.3 is 0 Å². The predicted octanol–water partition coefficient (Wildman–Crippen LogP) is 9.64. The molecular weight excluding hydrogens is 1170 g/mol. The van der Waals surface area contributed by atoms with Gasteiger partial charge in [0.2, 0.25) is 11.8 Å². The van der Waals surface area contributed by atoms with Gasteiger partial charge in [-0.25, -0.2) is 18.1 Å². The molecule has 468 valence electrons. The van der Waals surface area contributed by atoms with Gasteiger partial charge in [-0.1, -0.05) is 49.2 Å². The number of hydrogen-bond donors (Lipinski definition) is 4. The number of carbonyl (C=O) groups excluding carboxylic acids is 4. The van der Waals surface area contributed by atoms with Crippen LogP contribution in [-0.4, -0.2) is 157 Å². The van der Waals surface area contributed by atoms with Crippen LogP contribution in [0, 0.1) is 21.4 Å². The summed E-state index contributed by atoms with van der Waals surface area (Å²) in [7, 11) is -4.62. The minimum absolute atomic E-state index is 0.0486. The van der Waals surface area contributed by atoms with Crippen molar-refractivity contribution in [3.8, 4) is 17.2 Å². The molecule has 4 aromatic carbocycles. The van der Waals surface area contributed by atoms with Gasteiger partial charge in [-0.3, -0.25) is 44.4 Å². The van der Waals surface area contributed by atoms with Gasteiger partial charge in [0.15, 0.2) is 0 Å². The number of nitro groups is 1. The molecule has 2 aromatic heterocycles. The summed E-state index contributed by atoms with van der Waals surface area (Å²) >= 11 is 6.28. The first kappa shape index (κ1) is 61.4. The van der Waals surface area contributed by atoms with Crippen molar-refractivity contribution in [1.82, 2.24) is 39.6 Å². The van der Waals surface area contributed by atoms with Crippen LogP contribution >= 0.6 is 11.6 Å². The van der Waals surface area contributed by atoms with E-state index in [1.807, 2.05) is 24.3 Å². The predicted molar refractivity (Wildman–Crippen MR) is 340 cm³/mol. The lowest BCUT2D eigenvalue weighted by Gasteiger charge is -2.42. The molecule has 4 fully saturated rings. The average Bonchev–Trinajstić information content (AvgIpc) is 2.60. The summed E-state index contributed by atoms with van der Waals surface area (Å²) in [6.45, 7) is 14.5. The molecular formula is C66H76ClN11O10S. The van der Waals surface area contributed by atoms with E-state index in [-0.39, 0.29) is 53.1 Å². The van der Waals surface area contributed by atoms with E-state index < -0.39 is 43.4 Å². The van der Waals surface area contributed by atoms with E-state index in [9.17, 15) is 37.7 Å². The number of H-pyrrole nitrogens is 1. The number of halogens is 1. The maximum absolute atomic E-state index is 14.2. The van der Waals surface area contributed by atoms with Crippen molar-refractivity contribution in [1.29, 1.82) is 0 Å². The van der Waals surface area contributed by atoms with Crippen molar-refractivity contribution in [3.05, 3.63) is 146 Å². The first-order valence-corrected chi connectivity index (χ1v) is 32.9. The zero-order chi connectivity index (χ0) is 62.0. The number of amides is 4. The fourth-order valence-corrected chi connectivity index (χ4v) is 14.8. The number of allylic oxidation sites excluding steroid dienone is 1. The Hall–Kier alpha value is -7.89. The number of rotatable bonds is 20. The van der Waals surface area contributed by atoms with Crippen molar-refractivity contribution in [2.75, 3.05) is 88.8 Å². The summed E-state index contributed by atoms with van der Waals surface area (Å²) in [6, 6.07) is 25.7. The maximum Gasteiger partial charge on any atom is 0.293 e. The fourth-order valence-electron chi connectivity index (χ4n) is 13.7. The lowest BCUT2D eigenvalue weighted by molar-refractivity contribution is -0.384. The third-order valence-corrected chi connectivity index (χ3v) is 20.4. The first-order chi connectivity index (χ1) is 42.9. The number of hydrogen-bond acceptors (Lipinski definition) is 16. The van der Waals surface area contributed by atoms with E-state index in [1.54, 1.807) is 42.6 Å². The number of benzene rings is 4. The molecule has 0 radical (unpaired) electrons. The van der Waals surface area contributed by atoms with Crippen LogP contribution in [0.2, 0.25) is 5.02 Å². The van der Waals surface area contributed by atoms with Gasteiger partial charge in [-0.05, 0) is 141 Å². The van der Waals surface area contributed by atoms with Gasteiger partial charge < -0.3 is 34.5 Å². The second kappa shape index (κ2) is 26.3. The third kappa shape index (κ3) is 14.1. The molecule has 6 heterocycles. The second-order valence-electron chi connectivity index (χ2n) is 25.3. The average molecular weight is 1250 g/mol. The van der Waals surface area contributed by atoms with Crippen molar-refractivity contribution in [2.45, 2.75) is 102 Å². The van der Waals surface area contributed by atoms with E-state index >= 15 is 0 Å². The number of aromatic nitrogens is 2. The number of fused-ring (bicyclic) bond motifs is 2. The molecule has 6 aliphatic rings. The summed E-state index contributed by atoms with van der Waals surface area (Å²) in [6.07, 6.45) is 11.6. The molecule has 0 bridgehead atoms. The number of piperidine rings is 1. The number of anilines is 2. The van der Waals surface area contributed by atoms with Crippen LogP contribution in [0.15, 0.2) is 114 Å². The fraction of sp³-hybridized carbons (Fsp3) is 0.439. The molecule has 3 saturated heterocycles. The smallest absolute Gasteiger partial charge is 0.293 e. The van der Waals surface area contributed by atoms with E-state index in [0.29, 0.717) is 61.4 Å². The first-order valence-electron chi connectivity index (χ1n) is 31.0. The van der Waals surface area contributed by atoms with Gasteiger partial charge in [0.05, 0.1) is 34.7 Å². The molecule has 2 aliphatic carbocycles. The number of aromatic amines is 1. The number of ether oxygens (including phenoxy) is 2. The summed E-state index contributed by atoms with van der Waals surface area (Å²) in [4.78, 5) is 82.0. The molecule has 4 aliphatic heterocycles. The number of piperazine rings is 2. The molecule has 6 aromatic rings. The number of carbonyl (C=O) groups is 4. The van der Waals surface area contributed by atoms with Gasteiger partial charge in [-0.2, -0.15) is 0 Å². The van der Waals surface area contributed by atoms with Crippen LogP contribution in [0.25, 0.3) is 16.6 Å². The maximum atomic E-state index is 14.2. The number of nitro benzene ring substituents is 1. The highest BCUT2D eigenvalue weighted by Gasteiger charge is 2.41. The van der Waals surface area contributed by atoms with Gasteiger partial charge in [-0.15, -0.1) is 0 Å². The Morgan fingerprint density at radius 2 is 1.64 bits per heavy atom. The van der Waals surface area contributed by atoms with Crippen molar-refractivity contribution in [2.24, 2.45) is 11.3 Å². The minimum Gasteiger partial charge on any atom is -0.493 e. The van der Waals surface area contributed by atoms with Crippen LogP contribution < -0.4 is 29.7 Å². The van der Waals surface area contributed by atoms with Gasteiger partial charge in [0.25, 0.3) is 27.5 Å². The molecule has 12 rings (SSSR count). The number of pyridine rings is 1. The molecule has 4 amide bonds. The number of sulfonamides is 1. The summed E-state index contributed by atoms with van der Waals surface area (Å²) in [5.74, 6) is -0.580. The highest BCUT2D eigenvalue weighted by Crippen LogP contribution is 2.44. The Balaban J connectivity index is 0.622. The highest BCUT2D eigenvalue weighted by atomic mass is 35.5. The molecule has 1 saturated carbocycles. The molecule has 0 spiro atoms. The number of nitrogens with zero attached hydrogens (tertiary/aromatic N) is 7. The summed E-state index contributed by atoms with van der Waals surface area (Å²) in [5.41, 5.74) is 6.77. The van der Waals surface area contributed by atoms with Crippen LogP contribution in [-0.2, 0) is 26.2 Å². The molecule has 23 heteroatoms. The van der Waals surface area contributed by atoms with E-state index in [4.69, 9.17) is 21.1 Å². The van der Waals surface area contributed by atoms with Gasteiger partial charge in [0, 0.05) is 130 Å². The molecule has 4 N–H and O–H groups in total. The second-order valence-corrected chi connectivity index (χ2v) is 27.4. The Morgan fingerprint density at radius 3 is 2.40 bits per heavy atom. The van der Waals surface area contributed by atoms with Crippen LogP contribution in [0.4, 0.5) is 17.1 Å². The normalized spacial score (nSPS) is 21.2. The Labute approximate surface area is 523 Å². The third-order valence-electron chi connectivity index (χ3n) is 18.8. The Bertz CT molecular complexity index is 3810. The number of nitrogens with one attached hydrogen (secondary N) is 4. The molecule has 1 atom stereocenters. The molecule has 1 unspecified atom stereocenters. The lowest BCUT2D eigenvalue weighted by atomic mass is 9.72. The highest BCUT2D eigenvalue weighted by molar-refractivity contribution is 7.90. The quantitative estimate of drug-likeness (QED) is 0.0240. The van der Waals surface area contributed by atoms with E-state index in [2.05, 4.69) is 70.9 Å². The largest absolute Gasteiger partial charge is 0.493 e. The van der Waals surface area contributed by atoms with Crippen molar-refractivity contribution >= 4 is 78.9 Å². The summed E-state index contributed by atoms with van der Waals surface area (Å²) in [5, 5.41) is 19.6. The van der Waals surface area contributed by atoms with E-state index in [0.717, 1.165) is 131 Å². The topological polar surface area (TPSA) is 245 Å². The molecule has 89 heavy (non-hydrogen) atoms. The van der Waals surface area contributed by atoms with E-state index in [1.165, 1.54) is 39.9 Å². The Morgan fingerprint density at radius 1 is 0.865 bits per heavy atom. The standard InChI is InChI=1S/C66H76ClN11O10S/c1-66(2)23-21-46(54(38-66)44-9-11-47(67)12-10-44)41-74-28-32-76(33-29-74)49-15-17-53(60(36-49)88-50-35-45-22-24-68-62(45)70-40-50)63(80)72-89(85,86)51-16-18-56(58(37-51)78(83)84)69-39-43-7-13-48(14-8-43)75-30-26-73(27-31-75)25-4-34-87-59-6-3-5-52-55(59)42-77(65(52)82)57-19-20-61(79)71-64(57)81/h3,5-6,9-12,15-18,22,24,35-37,40,43,48,57,69H,4,7-8,13-14,19-21,23,25-34,38-39,41-42H2,1-2H3,(H,68,70)(H,72,80)(H,71,79,81)/t43-,48-,57?. The number of imide groups is 1. The van der Waals surface area contributed by atoms with Crippen LogP contribution in [0.5, 0.6) is 17.2 Å². The minimum atomic E-state index is -4.62. The van der Waals surface area contributed by atoms with Crippen LogP contribution in [0.1, 0.15) is 110 Å². The SMILES string of the molecule is CC1(C)CCC(CN2CCN(c3ccc(C(=O)NS(=O)(=O)c4ccc(NC[C@H]5CC[C@H](N6CCN(CCCOc7cccc8c7CN(C7CCC(=O)NC7=O)C8=O)CC6)CC5)c([N+](=O)[O-])c4)c(Oc4cnc5[nH]ccc5c4)c3)CC2)=C(c2ccc(Cl)cc2)C1. The zero-order valence-electron chi connectivity index (χ0n) is 50.3. The van der Waals surface area contributed by atoms with Crippen molar-refractivity contribution < 1.29 is 42.0 Å². The lowest BCUT2D eigenvalue weighted by Crippen LogP contribution is -2.52. The zero-order valence-corrected chi connectivity index (χ0v) is 51.9. The van der Waals surface area contributed by atoms with Gasteiger partial charge in [0.1, 0.15) is 34.6 Å². The Kier molecular flexibility index (Phi) is 18.1. The summed E-state index contributed by atoms with van der Waals surface area (Å²) < 4.78 is 42.8.